The molecule has 0 bridgehead atoms. The van der Waals surface area contributed by atoms with Crippen molar-refractivity contribution < 1.29 is 34.3 Å². The summed E-state index contributed by atoms with van der Waals surface area (Å²) in [6.45, 7) is 1.90. The van der Waals surface area contributed by atoms with Gasteiger partial charge in [-0.05, 0) is 73.2 Å². The molecule has 0 aliphatic heterocycles. The van der Waals surface area contributed by atoms with Crippen molar-refractivity contribution in [3.05, 3.63) is 145 Å². The van der Waals surface area contributed by atoms with E-state index >= 15 is 0 Å². The summed E-state index contributed by atoms with van der Waals surface area (Å²) >= 11 is 0. The molecule has 0 saturated heterocycles. The van der Waals surface area contributed by atoms with Crippen LogP contribution in [0.1, 0.15) is 11.1 Å². The summed E-state index contributed by atoms with van der Waals surface area (Å²) in [5, 5.41) is 3.80. The quantitative estimate of drug-likeness (QED) is 0.185. The minimum atomic E-state index is -4.01. The van der Waals surface area contributed by atoms with Crippen LogP contribution in [-0.2, 0) is 16.3 Å². The highest BCUT2D eigenvalue weighted by Crippen LogP contribution is 2.58. The number of halogens is 1. The van der Waals surface area contributed by atoms with Crippen molar-refractivity contribution >= 4 is 33.3 Å². The Kier molecular flexibility index (Phi) is 9.47. The summed E-state index contributed by atoms with van der Waals surface area (Å²) in [5.74, 6) is 0.528. The average Bonchev–Trinajstić information content (AvgIpc) is 2.98. The van der Waals surface area contributed by atoms with Gasteiger partial charge in [0.15, 0.2) is 11.5 Å². The fourth-order valence-electron chi connectivity index (χ4n) is 4.79. The van der Waals surface area contributed by atoms with Crippen molar-refractivity contribution in [3.63, 3.8) is 0 Å². The highest BCUT2D eigenvalue weighted by molar-refractivity contribution is 7.95. The monoisotopic (exact) mass is 632 g/mol. The van der Waals surface area contributed by atoms with Gasteiger partial charge in [0.1, 0.15) is 28.1 Å². The van der Waals surface area contributed by atoms with E-state index in [2.05, 4.69) is 72.8 Å². The first kappa shape index (κ1) is 29.5. The first-order valence-electron chi connectivity index (χ1n) is 12.7. The number of aryl methyl sites for hydroxylation is 1. The lowest BCUT2D eigenvalue weighted by Crippen LogP contribution is -3.00. The predicted molar refractivity (Wildman–Crippen MR) is 161 cm³/mol. The van der Waals surface area contributed by atoms with Gasteiger partial charge < -0.3 is 25.9 Å². The van der Waals surface area contributed by atoms with Gasteiger partial charge in [-0.2, -0.15) is 8.42 Å². The van der Waals surface area contributed by atoms with Gasteiger partial charge in [0.2, 0.25) is 0 Å². The number of hydrogen-bond acceptors (Lipinski definition) is 4. The Labute approximate surface area is 247 Å². The molecule has 0 spiro atoms. The fraction of sp³-hybridized carbons (Fsp3) is 0.0909. The summed E-state index contributed by atoms with van der Waals surface area (Å²) in [5.41, 5.74) is 2.00. The second-order valence-electron chi connectivity index (χ2n) is 9.31. The zero-order valence-electron chi connectivity index (χ0n) is 22.3. The molecule has 0 unspecified atom stereocenters. The first-order valence-corrected chi connectivity index (χ1v) is 16.0. The van der Waals surface area contributed by atoms with Crippen LogP contribution in [0, 0.1) is 6.92 Å². The van der Waals surface area contributed by atoms with Crippen molar-refractivity contribution in [2.45, 2.75) is 18.0 Å². The lowest BCUT2D eigenvalue weighted by Gasteiger charge is -2.28. The number of methoxy groups -OCH3 is 1. The molecular formula is C33H30BrO4PS. The van der Waals surface area contributed by atoms with Crippen LogP contribution in [0.5, 0.6) is 11.5 Å². The molecule has 0 fully saturated rings. The van der Waals surface area contributed by atoms with Crippen LogP contribution >= 0.6 is 7.26 Å². The molecule has 5 rings (SSSR count). The van der Waals surface area contributed by atoms with Gasteiger partial charge >= 0.3 is 10.1 Å². The van der Waals surface area contributed by atoms with Crippen molar-refractivity contribution in [1.82, 2.24) is 0 Å². The predicted octanol–water partition coefficient (Wildman–Crippen LogP) is 3.27. The van der Waals surface area contributed by atoms with E-state index in [-0.39, 0.29) is 27.6 Å². The summed E-state index contributed by atoms with van der Waals surface area (Å²) in [7, 11) is -4.62. The molecule has 0 amide bonds. The van der Waals surface area contributed by atoms with Crippen LogP contribution in [0.3, 0.4) is 0 Å². The second-order valence-corrected chi connectivity index (χ2v) is 14.3. The summed E-state index contributed by atoms with van der Waals surface area (Å²) in [6, 6.07) is 44.0. The van der Waals surface area contributed by atoms with Crippen molar-refractivity contribution in [3.8, 4) is 11.5 Å². The van der Waals surface area contributed by atoms with E-state index in [1.807, 2.05) is 37.3 Å². The lowest BCUT2D eigenvalue weighted by molar-refractivity contribution is -0.0000113. The SMILES string of the molecule is COc1cc(C[P+](c2ccccc2)(c2ccccc2)c2ccccc2)ccc1OS(=O)(=O)c1ccc(C)cc1.[Br-]. The van der Waals surface area contributed by atoms with Gasteiger partial charge in [0.25, 0.3) is 0 Å². The molecule has 0 aliphatic rings. The Hall–Kier alpha value is -3.44. The van der Waals surface area contributed by atoms with E-state index in [9.17, 15) is 8.42 Å². The van der Waals surface area contributed by atoms with Crippen LogP contribution in [-0.4, -0.2) is 15.5 Å². The molecular weight excluding hydrogens is 603 g/mol. The van der Waals surface area contributed by atoms with Gasteiger partial charge in [-0.25, -0.2) is 0 Å². The summed E-state index contributed by atoms with van der Waals surface area (Å²) in [6.07, 6.45) is 0.729. The van der Waals surface area contributed by atoms with E-state index in [1.54, 1.807) is 30.3 Å². The maximum absolute atomic E-state index is 13.0. The zero-order valence-corrected chi connectivity index (χ0v) is 25.6. The van der Waals surface area contributed by atoms with E-state index < -0.39 is 17.4 Å². The van der Waals surface area contributed by atoms with Gasteiger partial charge in [-0.1, -0.05) is 78.4 Å². The number of hydrogen-bond donors (Lipinski definition) is 0. The smallest absolute Gasteiger partial charge is 0.339 e. The molecule has 0 saturated carbocycles. The maximum atomic E-state index is 13.0. The van der Waals surface area contributed by atoms with Crippen molar-refractivity contribution in [2.24, 2.45) is 0 Å². The van der Waals surface area contributed by atoms with E-state index in [4.69, 9.17) is 8.92 Å². The Morgan fingerprint density at radius 1 is 0.625 bits per heavy atom. The van der Waals surface area contributed by atoms with E-state index in [1.165, 1.54) is 23.0 Å². The summed E-state index contributed by atoms with van der Waals surface area (Å²) in [4.78, 5) is 0.0985. The van der Waals surface area contributed by atoms with E-state index in [0.717, 1.165) is 17.3 Å². The summed E-state index contributed by atoms with van der Waals surface area (Å²) < 4.78 is 37.1. The minimum Gasteiger partial charge on any atom is -1.00 e. The Bertz CT molecular complexity index is 1550. The highest BCUT2D eigenvalue weighted by Gasteiger charge is 2.45. The molecule has 0 heterocycles. The molecule has 5 aromatic carbocycles. The third kappa shape index (κ3) is 6.15. The highest BCUT2D eigenvalue weighted by atomic mass is 79.9. The number of benzene rings is 5. The zero-order chi connectivity index (χ0) is 27.3. The van der Waals surface area contributed by atoms with E-state index in [0.29, 0.717) is 5.75 Å². The second kappa shape index (κ2) is 12.8. The van der Waals surface area contributed by atoms with Gasteiger partial charge in [0.05, 0.1) is 13.3 Å². The van der Waals surface area contributed by atoms with Crippen LogP contribution < -0.4 is 41.8 Å². The number of rotatable bonds is 9. The topological polar surface area (TPSA) is 52.6 Å². The first-order chi connectivity index (χ1) is 18.9. The van der Waals surface area contributed by atoms with Crippen molar-refractivity contribution in [2.75, 3.05) is 7.11 Å². The Morgan fingerprint density at radius 2 is 1.10 bits per heavy atom. The van der Waals surface area contributed by atoms with Crippen LogP contribution in [0.2, 0.25) is 0 Å². The van der Waals surface area contributed by atoms with Crippen LogP contribution in [0.4, 0.5) is 0 Å². The Balaban J connectivity index is 0.00000370. The minimum absolute atomic E-state index is 0. The molecule has 5 aromatic rings. The van der Waals surface area contributed by atoms with Crippen LogP contribution in [0.25, 0.3) is 0 Å². The lowest BCUT2D eigenvalue weighted by atomic mass is 10.2. The fourth-order valence-corrected chi connectivity index (χ4v) is 9.96. The molecule has 0 N–H and O–H groups in total. The molecule has 0 atom stereocenters. The van der Waals surface area contributed by atoms with Gasteiger partial charge in [0, 0.05) is 0 Å². The average molecular weight is 634 g/mol. The van der Waals surface area contributed by atoms with Crippen LogP contribution in [0.15, 0.2) is 138 Å². The Morgan fingerprint density at radius 3 is 1.55 bits per heavy atom. The standard InChI is InChI=1S/C33H30O4PS.BrH/c1-26-18-21-31(22-19-26)39(34,35)37-32-23-20-27(24-33(32)36-2)25-38(28-12-6-3-7-13-28,29-14-8-4-9-15-29)30-16-10-5-11-17-30;/h3-24H,25H2,1-2H3;1H/q+1;/p-1. The normalized spacial score (nSPS) is 11.3. The molecule has 40 heavy (non-hydrogen) atoms. The molecule has 7 heteroatoms. The largest absolute Gasteiger partial charge is 1.00 e. The maximum Gasteiger partial charge on any atom is 0.339 e. The molecule has 0 radical (unpaired) electrons. The van der Waals surface area contributed by atoms with Gasteiger partial charge in [-0.3, -0.25) is 0 Å². The third-order valence-electron chi connectivity index (χ3n) is 6.75. The molecule has 4 nitrogen and oxygen atoms in total. The van der Waals surface area contributed by atoms with Crippen molar-refractivity contribution in [1.29, 1.82) is 0 Å². The third-order valence-corrected chi connectivity index (χ3v) is 12.4. The number of ether oxygens (including phenoxy) is 1. The molecule has 204 valence electrons. The molecule has 0 aliphatic carbocycles. The van der Waals surface area contributed by atoms with Gasteiger partial charge in [-0.15, -0.1) is 0 Å². The molecule has 0 aromatic heterocycles.